The minimum Gasteiger partial charge on any atom is -0.489 e. The average molecular weight is 468 g/mol. The highest BCUT2D eigenvalue weighted by Gasteiger charge is 2.22. The minimum absolute atomic E-state index is 0. The summed E-state index contributed by atoms with van der Waals surface area (Å²) in [6, 6.07) is 28.0. The van der Waals surface area contributed by atoms with Gasteiger partial charge in [0.25, 0.3) is 0 Å². The third-order valence-corrected chi connectivity index (χ3v) is 6.07. The van der Waals surface area contributed by atoms with Crippen LogP contribution in [0, 0.1) is 0 Å². The normalized spacial score (nSPS) is 12.1. The number of aliphatic hydroxyl groups excluding tert-OH is 1. The lowest BCUT2D eigenvalue weighted by Crippen LogP contribution is -2.38. The molecule has 178 valence electrons. The maximum absolute atomic E-state index is 9.83. The molecule has 0 saturated carbocycles. The number of aliphatic hydroxyl groups is 1. The van der Waals surface area contributed by atoms with Crippen molar-refractivity contribution in [2.75, 3.05) is 6.54 Å². The Labute approximate surface area is 205 Å². The molecule has 0 fully saturated rings. The van der Waals surface area contributed by atoms with Crippen molar-refractivity contribution in [3.05, 3.63) is 101 Å². The van der Waals surface area contributed by atoms with Crippen molar-refractivity contribution in [1.82, 2.24) is 4.90 Å². The molecular formula is C29H38ClNO2. The molecule has 33 heavy (non-hydrogen) atoms. The standard InChI is InChI=1S/C29H37NO2.ClH/c1-22(2)30(23(3)4)18-17-27(26-13-9-6-10-14-26)28-19-25(20-31)15-16-29(28)32-21-24-11-7-5-8-12-24;/h5-16,19,22-23,27,31H,17-18,20-21H2,1-4H3;1H/t27-;/m1./s1. The first-order chi connectivity index (χ1) is 15.5. The second kappa shape index (κ2) is 13.4. The Hall–Kier alpha value is -2.33. The van der Waals surface area contributed by atoms with E-state index < -0.39 is 0 Å². The second-order valence-electron chi connectivity index (χ2n) is 8.98. The van der Waals surface area contributed by atoms with E-state index >= 15 is 0 Å². The Balaban J connectivity index is 0.00000385. The average Bonchev–Trinajstić information content (AvgIpc) is 2.81. The van der Waals surface area contributed by atoms with Crippen LogP contribution in [-0.4, -0.2) is 28.6 Å². The number of hydrogen-bond donors (Lipinski definition) is 1. The van der Waals surface area contributed by atoms with Crippen molar-refractivity contribution in [3.63, 3.8) is 0 Å². The first kappa shape index (κ1) is 26.9. The van der Waals surface area contributed by atoms with E-state index in [2.05, 4.69) is 81.1 Å². The molecule has 4 heteroatoms. The summed E-state index contributed by atoms with van der Waals surface area (Å²) in [5.74, 6) is 1.08. The van der Waals surface area contributed by atoms with Crippen molar-refractivity contribution in [3.8, 4) is 5.75 Å². The predicted molar refractivity (Wildman–Crippen MR) is 140 cm³/mol. The number of ether oxygens (including phenoxy) is 1. The molecule has 3 rings (SSSR count). The van der Waals surface area contributed by atoms with Gasteiger partial charge in [-0.25, -0.2) is 0 Å². The number of benzene rings is 3. The van der Waals surface area contributed by atoms with E-state index in [1.165, 1.54) is 5.56 Å². The van der Waals surface area contributed by atoms with Gasteiger partial charge in [-0.05, 0) is 69.5 Å². The summed E-state index contributed by atoms with van der Waals surface area (Å²) in [5, 5.41) is 9.83. The highest BCUT2D eigenvalue weighted by Crippen LogP contribution is 2.36. The van der Waals surface area contributed by atoms with Gasteiger partial charge in [-0.1, -0.05) is 66.7 Å². The van der Waals surface area contributed by atoms with Crippen LogP contribution in [0.5, 0.6) is 5.75 Å². The molecule has 1 atom stereocenters. The van der Waals surface area contributed by atoms with Crippen LogP contribution in [0.3, 0.4) is 0 Å². The van der Waals surface area contributed by atoms with Crippen LogP contribution in [0.4, 0.5) is 0 Å². The quantitative estimate of drug-likeness (QED) is 0.335. The van der Waals surface area contributed by atoms with Crippen molar-refractivity contribution < 1.29 is 9.84 Å². The maximum Gasteiger partial charge on any atom is 0.123 e. The van der Waals surface area contributed by atoms with E-state index in [0.717, 1.165) is 35.4 Å². The van der Waals surface area contributed by atoms with Gasteiger partial charge in [0.2, 0.25) is 0 Å². The fourth-order valence-electron chi connectivity index (χ4n) is 4.41. The van der Waals surface area contributed by atoms with Crippen molar-refractivity contribution in [2.24, 2.45) is 0 Å². The molecule has 0 heterocycles. The molecule has 0 unspecified atom stereocenters. The smallest absolute Gasteiger partial charge is 0.123 e. The largest absolute Gasteiger partial charge is 0.489 e. The van der Waals surface area contributed by atoms with Crippen LogP contribution in [0.2, 0.25) is 0 Å². The van der Waals surface area contributed by atoms with Gasteiger partial charge in [0.15, 0.2) is 0 Å². The van der Waals surface area contributed by atoms with Crippen molar-refractivity contribution >= 4 is 12.4 Å². The van der Waals surface area contributed by atoms with Crippen LogP contribution in [0.25, 0.3) is 0 Å². The summed E-state index contributed by atoms with van der Waals surface area (Å²) in [6.45, 7) is 10.6. The maximum atomic E-state index is 9.83. The molecular weight excluding hydrogens is 430 g/mol. The zero-order valence-corrected chi connectivity index (χ0v) is 21.1. The molecule has 0 bridgehead atoms. The minimum atomic E-state index is 0. The van der Waals surface area contributed by atoms with E-state index in [1.807, 2.05) is 30.3 Å². The summed E-state index contributed by atoms with van der Waals surface area (Å²) < 4.78 is 6.33. The highest BCUT2D eigenvalue weighted by molar-refractivity contribution is 5.85. The van der Waals surface area contributed by atoms with Gasteiger partial charge in [-0.2, -0.15) is 0 Å². The van der Waals surface area contributed by atoms with E-state index in [0.29, 0.717) is 18.7 Å². The van der Waals surface area contributed by atoms with Gasteiger partial charge in [0.1, 0.15) is 12.4 Å². The van der Waals surface area contributed by atoms with Gasteiger partial charge in [0.05, 0.1) is 6.61 Å². The van der Waals surface area contributed by atoms with E-state index in [-0.39, 0.29) is 24.9 Å². The predicted octanol–water partition coefficient (Wildman–Crippen LogP) is 6.82. The van der Waals surface area contributed by atoms with Crippen LogP contribution in [-0.2, 0) is 13.2 Å². The van der Waals surface area contributed by atoms with Gasteiger partial charge < -0.3 is 9.84 Å². The van der Waals surface area contributed by atoms with Crippen molar-refractivity contribution in [1.29, 1.82) is 0 Å². The fourth-order valence-corrected chi connectivity index (χ4v) is 4.41. The highest BCUT2D eigenvalue weighted by atomic mass is 35.5. The summed E-state index contributed by atoms with van der Waals surface area (Å²) in [4.78, 5) is 2.54. The Kier molecular flexibility index (Phi) is 10.9. The van der Waals surface area contributed by atoms with Crippen LogP contribution >= 0.6 is 12.4 Å². The second-order valence-corrected chi connectivity index (χ2v) is 8.98. The number of hydrogen-bond acceptors (Lipinski definition) is 3. The molecule has 3 nitrogen and oxygen atoms in total. The monoisotopic (exact) mass is 467 g/mol. The zero-order chi connectivity index (χ0) is 22.9. The molecule has 0 aromatic heterocycles. The number of nitrogens with zero attached hydrogens (tertiary/aromatic N) is 1. The van der Waals surface area contributed by atoms with Crippen LogP contribution in [0.15, 0.2) is 78.9 Å². The van der Waals surface area contributed by atoms with E-state index in [1.54, 1.807) is 0 Å². The molecule has 0 aliphatic carbocycles. The Morgan fingerprint density at radius 3 is 1.97 bits per heavy atom. The summed E-state index contributed by atoms with van der Waals surface area (Å²) in [5.41, 5.74) is 4.48. The topological polar surface area (TPSA) is 32.7 Å². The number of halogens is 1. The molecule has 1 N–H and O–H groups in total. The molecule has 0 radical (unpaired) electrons. The first-order valence-electron chi connectivity index (χ1n) is 11.7. The fraction of sp³-hybridized carbons (Fsp3) is 0.379. The molecule has 0 saturated heterocycles. The molecule has 3 aromatic carbocycles. The first-order valence-corrected chi connectivity index (χ1v) is 11.7. The molecule has 0 amide bonds. The lowest BCUT2D eigenvalue weighted by Gasteiger charge is -2.32. The Morgan fingerprint density at radius 2 is 1.39 bits per heavy atom. The van der Waals surface area contributed by atoms with Gasteiger partial charge in [0, 0.05) is 23.6 Å². The molecule has 0 aliphatic heterocycles. The summed E-state index contributed by atoms with van der Waals surface area (Å²) in [6.07, 6.45) is 0.983. The molecule has 0 spiro atoms. The van der Waals surface area contributed by atoms with Gasteiger partial charge >= 0.3 is 0 Å². The van der Waals surface area contributed by atoms with Gasteiger partial charge in [-0.3, -0.25) is 4.90 Å². The third kappa shape index (κ3) is 7.60. The van der Waals surface area contributed by atoms with E-state index in [4.69, 9.17) is 4.74 Å². The zero-order valence-electron chi connectivity index (χ0n) is 20.3. The molecule has 3 aromatic rings. The number of rotatable bonds is 11. The summed E-state index contributed by atoms with van der Waals surface area (Å²) >= 11 is 0. The lowest BCUT2D eigenvalue weighted by molar-refractivity contribution is 0.170. The lowest BCUT2D eigenvalue weighted by atomic mass is 9.86. The third-order valence-electron chi connectivity index (χ3n) is 6.07. The van der Waals surface area contributed by atoms with Crippen LogP contribution < -0.4 is 4.74 Å². The van der Waals surface area contributed by atoms with E-state index in [9.17, 15) is 5.11 Å². The summed E-state index contributed by atoms with van der Waals surface area (Å²) in [7, 11) is 0. The van der Waals surface area contributed by atoms with Gasteiger partial charge in [-0.15, -0.1) is 12.4 Å². The molecule has 0 aliphatic rings. The van der Waals surface area contributed by atoms with Crippen molar-refractivity contribution in [2.45, 2.75) is 65.3 Å². The Morgan fingerprint density at radius 1 is 0.788 bits per heavy atom. The SMILES string of the molecule is CC(C)N(CC[C@H](c1ccccc1)c1cc(CO)ccc1OCc1ccccc1)C(C)C.Cl. The van der Waals surface area contributed by atoms with Crippen LogP contribution in [0.1, 0.15) is 62.3 Å². The Bertz CT molecular complexity index is 936.